The molecule has 2 aromatic carbocycles. The Bertz CT molecular complexity index is 1020. The van der Waals surface area contributed by atoms with Gasteiger partial charge in [-0.25, -0.2) is 5.43 Å². The first-order valence-electron chi connectivity index (χ1n) is 8.44. The van der Waals surface area contributed by atoms with Crippen molar-refractivity contribution in [2.45, 2.75) is 6.92 Å². The van der Waals surface area contributed by atoms with Crippen molar-refractivity contribution in [1.29, 1.82) is 0 Å². The molecule has 1 heterocycles. The van der Waals surface area contributed by atoms with E-state index in [2.05, 4.69) is 36.8 Å². The molecule has 29 heavy (non-hydrogen) atoms. The molecule has 2 N–H and O–H groups in total. The topological polar surface area (TPSA) is 83.5 Å². The Morgan fingerprint density at radius 1 is 1.07 bits per heavy atom. The molecule has 0 spiro atoms. The van der Waals surface area contributed by atoms with Crippen LogP contribution in [0.25, 0.3) is 0 Å². The summed E-state index contributed by atoms with van der Waals surface area (Å²) in [6.07, 6.45) is 4.60. The van der Waals surface area contributed by atoms with Gasteiger partial charge in [-0.1, -0.05) is 45.8 Å². The van der Waals surface area contributed by atoms with Gasteiger partial charge >= 0.3 is 0 Å². The van der Waals surface area contributed by atoms with Gasteiger partial charge < -0.3 is 5.32 Å². The van der Waals surface area contributed by atoms with Gasteiger partial charge in [0.15, 0.2) is 0 Å². The average Bonchev–Trinajstić information content (AvgIpc) is 2.71. The maximum atomic E-state index is 12.6. The monoisotopic (exact) mass is 472 g/mol. The number of nitrogens with zero attached hydrogens (tertiary/aromatic N) is 2. The van der Waals surface area contributed by atoms with Gasteiger partial charge in [0.05, 0.1) is 23.0 Å². The Kier molecular flexibility index (Phi) is 8.06. The van der Waals surface area contributed by atoms with Crippen molar-refractivity contribution in [3.05, 3.63) is 93.7 Å². The molecule has 0 saturated carbocycles. The van der Waals surface area contributed by atoms with Gasteiger partial charge in [0.2, 0.25) is 0 Å². The van der Waals surface area contributed by atoms with E-state index in [1.54, 1.807) is 42.7 Å². The second-order valence-corrected chi connectivity index (χ2v) is 6.91. The first-order chi connectivity index (χ1) is 13.5. The third-order valence-electron chi connectivity index (χ3n) is 3.86. The van der Waals surface area contributed by atoms with Crippen molar-refractivity contribution in [3.8, 4) is 0 Å². The van der Waals surface area contributed by atoms with E-state index in [4.69, 9.17) is 0 Å². The molecular formula is C21H18BrClN4O2. The zero-order valence-electron chi connectivity index (χ0n) is 15.4. The molecular weight excluding hydrogens is 456 g/mol. The van der Waals surface area contributed by atoms with Crippen molar-refractivity contribution >= 4 is 52.1 Å². The minimum Gasteiger partial charge on any atom is -0.321 e. The summed E-state index contributed by atoms with van der Waals surface area (Å²) < 4.78 is 0.708. The summed E-state index contributed by atoms with van der Waals surface area (Å²) in [5, 5.41) is 6.73. The van der Waals surface area contributed by atoms with Crippen molar-refractivity contribution in [1.82, 2.24) is 10.4 Å². The molecule has 8 heteroatoms. The van der Waals surface area contributed by atoms with E-state index in [0.717, 1.165) is 11.1 Å². The van der Waals surface area contributed by atoms with E-state index in [1.165, 1.54) is 6.20 Å². The van der Waals surface area contributed by atoms with Crippen LogP contribution in [0.2, 0.25) is 0 Å². The van der Waals surface area contributed by atoms with Crippen LogP contribution in [0.5, 0.6) is 0 Å². The maximum Gasteiger partial charge on any atom is 0.273 e. The normalized spacial score (nSPS) is 10.3. The van der Waals surface area contributed by atoms with Gasteiger partial charge in [-0.05, 0) is 42.8 Å². The van der Waals surface area contributed by atoms with Crippen molar-refractivity contribution in [2.24, 2.45) is 5.10 Å². The lowest BCUT2D eigenvalue weighted by Crippen LogP contribution is -2.21. The van der Waals surface area contributed by atoms with E-state index >= 15 is 0 Å². The highest BCUT2D eigenvalue weighted by molar-refractivity contribution is 9.10. The lowest BCUT2D eigenvalue weighted by Gasteiger charge is -2.10. The maximum absolute atomic E-state index is 12.6. The number of carbonyl (C=O) groups is 2. The summed E-state index contributed by atoms with van der Waals surface area (Å²) in [5.74, 6) is -0.793. The number of rotatable bonds is 5. The Balaban J connectivity index is 0.00000300. The molecule has 148 valence electrons. The first kappa shape index (κ1) is 22.3. The fourth-order valence-corrected chi connectivity index (χ4v) is 2.74. The molecule has 3 aromatic rings. The van der Waals surface area contributed by atoms with Crippen LogP contribution in [-0.2, 0) is 0 Å². The predicted octanol–water partition coefficient (Wildman–Crippen LogP) is 4.59. The number of hydrogen-bond donors (Lipinski definition) is 2. The number of pyridine rings is 1. The van der Waals surface area contributed by atoms with Gasteiger partial charge in [-0.15, -0.1) is 12.4 Å². The number of anilines is 1. The van der Waals surface area contributed by atoms with Crippen LogP contribution >= 0.6 is 28.3 Å². The van der Waals surface area contributed by atoms with Crippen LogP contribution in [0, 0.1) is 6.92 Å². The number of amides is 2. The molecule has 0 saturated heterocycles. The zero-order valence-corrected chi connectivity index (χ0v) is 17.8. The molecule has 0 aliphatic rings. The van der Waals surface area contributed by atoms with Crippen molar-refractivity contribution in [3.63, 3.8) is 0 Å². The van der Waals surface area contributed by atoms with E-state index in [-0.39, 0.29) is 23.9 Å². The number of halogens is 2. The summed E-state index contributed by atoms with van der Waals surface area (Å²) in [6, 6.07) is 16.1. The van der Waals surface area contributed by atoms with Crippen LogP contribution in [0.4, 0.5) is 5.69 Å². The molecule has 3 rings (SSSR count). The smallest absolute Gasteiger partial charge is 0.273 e. The fraction of sp³-hybridized carbons (Fsp3) is 0.0476. The fourth-order valence-electron chi connectivity index (χ4n) is 2.38. The van der Waals surface area contributed by atoms with Gasteiger partial charge in [0.1, 0.15) is 0 Å². The summed E-state index contributed by atoms with van der Waals surface area (Å²) in [7, 11) is 0. The molecule has 0 aliphatic heterocycles. The minimum atomic E-state index is -0.439. The van der Waals surface area contributed by atoms with E-state index in [0.29, 0.717) is 15.7 Å². The second kappa shape index (κ2) is 10.5. The second-order valence-electron chi connectivity index (χ2n) is 6.00. The van der Waals surface area contributed by atoms with Gasteiger partial charge in [0, 0.05) is 16.9 Å². The van der Waals surface area contributed by atoms with Crippen LogP contribution in [-0.4, -0.2) is 23.0 Å². The Morgan fingerprint density at radius 3 is 2.52 bits per heavy atom. The third kappa shape index (κ3) is 6.23. The summed E-state index contributed by atoms with van der Waals surface area (Å²) >= 11 is 3.35. The van der Waals surface area contributed by atoms with Crippen LogP contribution in [0.15, 0.2) is 76.6 Å². The quantitative estimate of drug-likeness (QED) is 0.420. The summed E-state index contributed by atoms with van der Waals surface area (Å²) in [5.41, 5.74) is 5.55. The zero-order chi connectivity index (χ0) is 19.9. The summed E-state index contributed by atoms with van der Waals surface area (Å²) in [4.78, 5) is 28.9. The van der Waals surface area contributed by atoms with Gasteiger partial charge in [0.25, 0.3) is 11.8 Å². The molecule has 6 nitrogen and oxygen atoms in total. The van der Waals surface area contributed by atoms with Crippen LogP contribution in [0.3, 0.4) is 0 Å². The number of benzene rings is 2. The third-order valence-corrected chi connectivity index (χ3v) is 4.35. The lowest BCUT2D eigenvalue weighted by atomic mass is 10.1. The largest absolute Gasteiger partial charge is 0.321 e. The predicted molar refractivity (Wildman–Crippen MR) is 120 cm³/mol. The van der Waals surface area contributed by atoms with E-state index in [9.17, 15) is 9.59 Å². The van der Waals surface area contributed by atoms with Crippen molar-refractivity contribution < 1.29 is 9.59 Å². The van der Waals surface area contributed by atoms with E-state index in [1.807, 2.05) is 31.2 Å². The van der Waals surface area contributed by atoms with Crippen molar-refractivity contribution in [2.75, 3.05) is 5.32 Å². The van der Waals surface area contributed by atoms with Gasteiger partial charge in [-0.3, -0.25) is 14.6 Å². The Labute approximate surface area is 183 Å². The first-order valence-corrected chi connectivity index (χ1v) is 9.23. The molecule has 0 radical (unpaired) electrons. The molecule has 0 unspecified atom stereocenters. The SMILES string of the molecule is Cc1ccc(/C=N/NC(=O)c2cc(Br)ccc2NC(=O)c2cccnc2)cc1.Cl. The number of carbonyl (C=O) groups excluding carboxylic acids is 2. The Morgan fingerprint density at radius 2 is 1.83 bits per heavy atom. The highest BCUT2D eigenvalue weighted by atomic mass is 79.9. The Hall–Kier alpha value is -3.03. The van der Waals surface area contributed by atoms with E-state index < -0.39 is 5.91 Å². The average molecular weight is 474 g/mol. The number of hydrogen-bond acceptors (Lipinski definition) is 4. The standard InChI is InChI=1S/C21H17BrN4O2.ClH/c1-14-4-6-15(7-5-14)12-24-26-21(28)18-11-17(22)8-9-19(18)25-20(27)16-3-2-10-23-13-16;/h2-13H,1H3,(H,25,27)(H,26,28);1H/b24-12+;. The number of aromatic nitrogens is 1. The lowest BCUT2D eigenvalue weighted by molar-refractivity contribution is 0.0956. The number of aryl methyl sites for hydroxylation is 1. The highest BCUT2D eigenvalue weighted by Crippen LogP contribution is 2.22. The molecule has 2 amide bonds. The number of nitrogens with one attached hydrogen (secondary N) is 2. The van der Waals surface area contributed by atoms with Crippen LogP contribution in [0.1, 0.15) is 31.8 Å². The minimum absolute atomic E-state index is 0. The van der Waals surface area contributed by atoms with Crippen LogP contribution < -0.4 is 10.7 Å². The summed E-state index contributed by atoms with van der Waals surface area (Å²) in [6.45, 7) is 2.00. The molecule has 1 aromatic heterocycles. The molecule has 0 aliphatic carbocycles. The number of hydrazone groups is 1. The molecule has 0 atom stereocenters. The highest BCUT2D eigenvalue weighted by Gasteiger charge is 2.15. The van der Waals surface area contributed by atoms with Gasteiger partial charge in [-0.2, -0.15) is 5.10 Å². The molecule has 0 bridgehead atoms. The molecule has 0 fully saturated rings.